The van der Waals surface area contributed by atoms with E-state index in [1.807, 2.05) is 6.07 Å². The normalized spacial score (nSPS) is 11.8. The molecule has 1 atom stereocenters. The summed E-state index contributed by atoms with van der Waals surface area (Å²) in [6, 6.07) is 9.33. The van der Waals surface area contributed by atoms with Gasteiger partial charge in [-0.15, -0.1) is 0 Å². The van der Waals surface area contributed by atoms with Crippen LogP contribution in [0.5, 0.6) is 5.75 Å². The molecule has 0 fully saturated rings. The molecule has 1 heterocycles. The SMILES string of the molecule is COc1cccc([C@@H](NC(=O)c2ccc(F)cc2F)c2nccn2C)c1. The Morgan fingerprint density at radius 3 is 2.69 bits per heavy atom. The van der Waals surface area contributed by atoms with Crippen LogP contribution in [0.3, 0.4) is 0 Å². The first-order chi connectivity index (χ1) is 12.5. The number of hydrogen-bond donors (Lipinski definition) is 1. The van der Waals surface area contributed by atoms with Crippen molar-refractivity contribution < 1.29 is 18.3 Å². The largest absolute Gasteiger partial charge is 0.497 e. The van der Waals surface area contributed by atoms with Gasteiger partial charge in [0.1, 0.15) is 29.3 Å². The Labute approximate surface area is 149 Å². The molecule has 2 aromatic carbocycles. The van der Waals surface area contributed by atoms with Crippen LogP contribution in [0.15, 0.2) is 54.9 Å². The van der Waals surface area contributed by atoms with Crippen molar-refractivity contribution in [2.24, 2.45) is 7.05 Å². The zero-order chi connectivity index (χ0) is 18.7. The van der Waals surface area contributed by atoms with Gasteiger partial charge in [0.05, 0.1) is 12.7 Å². The van der Waals surface area contributed by atoms with Gasteiger partial charge in [0.25, 0.3) is 5.91 Å². The quantitative estimate of drug-likeness (QED) is 0.763. The number of halogens is 2. The van der Waals surface area contributed by atoms with E-state index >= 15 is 0 Å². The number of rotatable bonds is 5. The van der Waals surface area contributed by atoms with Gasteiger partial charge < -0.3 is 14.6 Å². The third-order valence-electron chi connectivity index (χ3n) is 3.99. The van der Waals surface area contributed by atoms with Crippen molar-refractivity contribution in [1.29, 1.82) is 0 Å². The lowest BCUT2D eigenvalue weighted by Gasteiger charge is -2.20. The summed E-state index contributed by atoms with van der Waals surface area (Å²) in [5.41, 5.74) is 0.475. The first-order valence-electron chi connectivity index (χ1n) is 7.86. The van der Waals surface area contributed by atoms with E-state index in [9.17, 15) is 13.6 Å². The van der Waals surface area contributed by atoms with Gasteiger partial charge in [-0.25, -0.2) is 13.8 Å². The Hall–Kier alpha value is -3.22. The molecule has 1 amide bonds. The Bertz CT molecular complexity index is 940. The smallest absolute Gasteiger partial charge is 0.255 e. The molecule has 3 rings (SSSR count). The molecule has 134 valence electrons. The highest BCUT2D eigenvalue weighted by Gasteiger charge is 2.23. The number of nitrogens with one attached hydrogen (secondary N) is 1. The van der Waals surface area contributed by atoms with Crippen LogP contribution in [-0.2, 0) is 7.05 Å². The number of carbonyl (C=O) groups is 1. The van der Waals surface area contributed by atoms with Gasteiger partial charge in [-0.2, -0.15) is 0 Å². The summed E-state index contributed by atoms with van der Waals surface area (Å²) in [5.74, 6) is -1.16. The Balaban J connectivity index is 1.98. The Kier molecular flexibility index (Phi) is 4.97. The lowest BCUT2D eigenvalue weighted by molar-refractivity contribution is 0.0937. The molecule has 0 saturated carbocycles. The number of carbonyl (C=O) groups excluding carboxylic acids is 1. The minimum atomic E-state index is -0.924. The molecular formula is C19H17F2N3O2. The van der Waals surface area contributed by atoms with Crippen LogP contribution >= 0.6 is 0 Å². The molecule has 0 aliphatic heterocycles. The van der Waals surface area contributed by atoms with Gasteiger partial charge in [-0.05, 0) is 29.8 Å². The van der Waals surface area contributed by atoms with E-state index in [0.29, 0.717) is 17.6 Å². The van der Waals surface area contributed by atoms with Crippen LogP contribution in [0.25, 0.3) is 0 Å². The molecule has 3 aromatic rings. The maximum absolute atomic E-state index is 14.0. The molecule has 0 radical (unpaired) electrons. The fraction of sp³-hybridized carbons (Fsp3) is 0.158. The van der Waals surface area contributed by atoms with Gasteiger partial charge >= 0.3 is 0 Å². The molecule has 0 aliphatic carbocycles. The second-order valence-electron chi connectivity index (χ2n) is 5.70. The van der Waals surface area contributed by atoms with E-state index in [1.165, 1.54) is 0 Å². The van der Waals surface area contributed by atoms with Crippen molar-refractivity contribution in [1.82, 2.24) is 14.9 Å². The summed E-state index contributed by atoms with van der Waals surface area (Å²) in [7, 11) is 3.33. The molecule has 0 bridgehead atoms. The summed E-state index contributed by atoms with van der Waals surface area (Å²) in [4.78, 5) is 16.9. The molecule has 7 heteroatoms. The number of benzene rings is 2. The second-order valence-corrected chi connectivity index (χ2v) is 5.70. The van der Waals surface area contributed by atoms with E-state index in [1.54, 1.807) is 49.3 Å². The van der Waals surface area contributed by atoms with Crippen LogP contribution in [-0.4, -0.2) is 22.6 Å². The van der Waals surface area contributed by atoms with E-state index in [0.717, 1.165) is 17.7 Å². The number of methoxy groups -OCH3 is 1. The maximum atomic E-state index is 14.0. The standard InChI is InChI=1S/C19H17F2N3O2/c1-24-9-8-22-18(24)17(12-4-3-5-14(10-12)26-2)23-19(25)15-7-6-13(20)11-16(15)21/h3-11,17H,1-2H3,(H,23,25)/t17-/m1/s1. The van der Waals surface area contributed by atoms with Crippen molar-refractivity contribution in [3.8, 4) is 5.75 Å². The number of imidazole rings is 1. The zero-order valence-corrected chi connectivity index (χ0v) is 14.2. The van der Waals surface area contributed by atoms with Crippen LogP contribution < -0.4 is 10.1 Å². The van der Waals surface area contributed by atoms with Crippen molar-refractivity contribution in [3.05, 3.63) is 83.4 Å². The van der Waals surface area contributed by atoms with Crippen molar-refractivity contribution in [2.75, 3.05) is 7.11 Å². The molecule has 1 aromatic heterocycles. The van der Waals surface area contributed by atoms with Crippen LogP contribution in [0.2, 0.25) is 0 Å². The molecule has 0 saturated heterocycles. The van der Waals surface area contributed by atoms with Gasteiger partial charge in [-0.1, -0.05) is 12.1 Å². The van der Waals surface area contributed by atoms with Crippen LogP contribution in [0, 0.1) is 11.6 Å². The predicted octanol–water partition coefficient (Wildman–Crippen LogP) is 3.23. The number of ether oxygens (including phenoxy) is 1. The topological polar surface area (TPSA) is 56.1 Å². The minimum Gasteiger partial charge on any atom is -0.497 e. The molecule has 0 spiro atoms. The lowest BCUT2D eigenvalue weighted by Crippen LogP contribution is -2.31. The number of hydrogen-bond acceptors (Lipinski definition) is 3. The number of amides is 1. The average Bonchev–Trinajstić information content (AvgIpc) is 3.05. The van der Waals surface area contributed by atoms with Crippen molar-refractivity contribution in [3.63, 3.8) is 0 Å². The van der Waals surface area contributed by atoms with Crippen molar-refractivity contribution >= 4 is 5.91 Å². The minimum absolute atomic E-state index is 0.242. The Morgan fingerprint density at radius 1 is 1.23 bits per heavy atom. The lowest BCUT2D eigenvalue weighted by atomic mass is 10.0. The first-order valence-corrected chi connectivity index (χ1v) is 7.86. The number of aryl methyl sites for hydroxylation is 1. The van der Waals surface area contributed by atoms with Crippen LogP contribution in [0.1, 0.15) is 27.8 Å². The predicted molar refractivity (Wildman–Crippen MR) is 91.9 cm³/mol. The molecule has 26 heavy (non-hydrogen) atoms. The molecule has 1 N–H and O–H groups in total. The summed E-state index contributed by atoms with van der Waals surface area (Å²) in [5, 5.41) is 2.76. The summed E-state index contributed by atoms with van der Waals surface area (Å²) in [6.45, 7) is 0. The number of nitrogens with zero attached hydrogens (tertiary/aromatic N) is 2. The van der Waals surface area contributed by atoms with E-state index < -0.39 is 23.6 Å². The van der Waals surface area contributed by atoms with Gasteiger partial charge in [-0.3, -0.25) is 4.79 Å². The third kappa shape index (κ3) is 3.56. The Morgan fingerprint density at radius 2 is 2.04 bits per heavy atom. The fourth-order valence-electron chi connectivity index (χ4n) is 2.66. The fourth-order valence-corrected chi connectivity index (χ4v) is 2.66. The van der Waals surface area contributed by atoms with Crippen molar-refractivity contribution in [2.45, 2.75) is 6.04 Å². The summed E-state index contributed by atoms with van der Waals surface area (Å²) in [6.07, 6.45) is 3.35. The first kappa shape index (κ1) is 17.6. The second kappa shape index (κ2) is 7.35. The summed E-state index contributed by atoms with van der Waals surface area (Å²) < 4.78 is 34.0. The number of aromatic nitrogens is 2. The molecular weight excluding hydrogens is 340 g/mol. The zero-order valence-electron chi connectivity index (χ0n) is 14.2. The molecule has 5 nitrogen and oxygen atoms in total. The van der Waals surface area contributed by atoms with E-state index in [4.69, 9.17) is 4.74 Å². The van der Waals surface area contributed by atoms with Gasteiger partial charge in [0.15, 0.2) is 0 Å². The highest BCUT2D eigenvalue weighted by atomic mass is 19.1. The third-order valence-corrected chi connectivity index (χ3v) is 3.99. The average molecular weight is 357 g/mol. The van der Waals surface area contributed by atoms with E-state index in [2.05, 4.69) is 10.3 Å². The van der Waals surface area contributed by atoms with Gasteiger partial charge in [0, 0.05) is 25.5 Å². The van der Waals surface area contributed by atoms with E-state index in [-0.39, 0.29) is 5.56 Å². The summed E-state index contributed by atoms with van der Waals surface area (Å²) >= 11 is 0. The molecule has 0 unspecified atom stereocenters. The monoisotopic (exact) mass is 357 g/mol. The maximum Gasteiger partial charge on any atom is 0.255 e. The van der Waals surface area contributed by atoms with Crippen LogP contribution in [0.4, 0.5) is 8.78 Å². The molecule has 0 aliphatic rings. The highest BCUT2D eigenvalue weighted by molar-refractivity contribution is 5.94. The van der Waals surface area contributed by atoms with Gasteiger partial charge in [0.2, 0.25) is 0 Å². The highest BCUT2D eigenvalue weighted by Crippen LogP contribution is 2.25.